The van der Waals surface area contributed by atoms with Crippen molar-refractivity contribution in [1.29, 1.82) is 0 Å². The normalized spacial score (nSPS) is 13.9. The van der Waals surface area contributed by atoms with Crippen LogP contribution in [0, 0.1) is 12.7 Å². The molecule has 0 aliphatic carbocycles. The number of pyridine rings is 1. The predicted molar refractivity (Wildman–Crippen MR) is 151 cm³/mol. The molecule has 8 nitrogen and oxygen atoms in total. The first-order valence-corrected chi connectivity index (χ1v) is 12.8. The monoisotopic (exact) mass is 530 g/mol. The van der Waals surface area contributed by atoms with E-state index in [4.69, 9.17) is 0 Å². The van der Waals surface area contributed by atoms with Gasteiger partial charge in [0.25, 0.3) is 0 Å². The van der Waals surface area contributed by atoms with E-state index in [2.05, 4.69) is 17.0 Å². The van der Waals surface area contributed by atoms with Gasteiger partial charge in [0.05, 0.1) is 5.39 Å². The predicted octanol–water partition coefficient (Wildman–Crippen LogP) is 4.23. The lowest BCUT2D eigenvalue weighted by Crippen LogP contribution is -2.46. The standard InChI is InChI=1S/C30H31FN4O4/c1-19-4-8-21(9-5-19)33-12-14-34(15-13-33)27-25(31)16-23-26(29(27)37)35(18-24(28(23)36)30(38)39)22-10-6-20(7-11-22)17-32(2)3/h4-11,16,18,37H,12-15,17H2,1-3H3,(H,38,39). The number of halogens is 1. The van der Waals surface area contributed by atoms with E-state index < -0.39 is 22.8 Å². The molecule has 0 bridgehead atoms. The van der Waals surface area contributed by atoms with Crippen LogP contribution in [-0.4, -0.2) is 65.9 Å². The third-order valence-electron chi connectivity index (χ3n) is 7.13. The highest BCUT2D eigenvalue weighted by Crippen LogP contribution is 2.39. The molecule has 3 aromatic carbocycles. The fourth-order valence-electron chi connectivity index (χ4n) is 5.16. The molecule has 4 aromatic rings. The van der Waals surface area contributed by atoms with Crippen LogP contribution in [0.3, 0.4) is 0 Å². The number of nitrogens with zero attached hydrogens (tertiary/aromatic N) is 4. The van der Waals surface area contributed by atoms with E-state index in [1.807, 2.05) is 50.2 Å². The van der Waals surface area contributed by atoms with Crippen molar-refractivity contribution in [2.75, 3.05) is 50.1 Å². The number of hydrogen-bond donors (Lipinski definition) is 2. The van der Waals surface area contributed by atoms with Crippen molar-refractivity contribution in [1.82, 2.24) is 9.47 Å². The van der Waals surface area contributed by atoms with Crippen LogP contribution in [0.25, 0.3) is 16.6 Å². The molecule has 0 saturated carbocycles. The van der Waals surface area contributed by atoms with Crippen LogP contribution in [0.1, 0.15) is 21.5 Å². The number of aryl methyl sites for hydroxylation is 1. The van der Waals surface area contributed by atoms with Gasteiger partial charge in [-0.2, -0.15) is 0 Å². The van der Waals surface area contributed by atoms with Crippen molar-refractivity contribution < 1.29 is 19.4 Å². The Labute approximate surface area is 225 Å². The number of anilines is 2. The third-order valence-corrected chi connectivity index (χ3v) is 7.13. The van der Waals surface area contributed by atoms with Gasteiger partial charge >= 0.3 is 5.97 Å². The van der Waals surface area contributed by atoms with E-state index in [1.165, 1.54) is 16.3 Å². The number of aromatic nitrogens is 1. The van der Waals surface area contributed by atoms with Gasteiger partial charge in [0.1, 0.15) is 16.8 Å². The summed E-state index contributed by atoms with van der Waals surface area (Å²) in [6.45, 7) is 4.90. The quantitative estimate of drug-likeness (QED) is 0.386. The average molecular weight is 531 g/mol. The smallest absolute Gasteiger partial charge is 0.341 e. The maximum absolute atomic E-state index is 15.5. The zero-order valence-electron chi connectivity index (χ0n) is 22.2. The topological polar surface area (TPSA) is 89.2 Å². The largest absolute Gasteiger partial charge is 0.504 e. The van der Waals surface area contributed by atoms with Crippen molar-refractivity contribution in [2.24, 2.45) is 0 Å². The molecular weight excluding hydrogens is 499 g/mol. The summed E-state index contributed by atoms with van der Waals surface area (Å²) >= 11 is 0. The highest BCUT2D eigenvalue weighted by atomic mass is 19.1. The number of benzene rings is 3. The molecule has 0 spiro atoms. The van der Waals surface area contributed by atoms with Gasteiger partial charge in [0, 0.05) is 50.3 Å². The van der Waals surface area contributed by atoms with Crippen LogP contribution in [0.5, 0.6) is 5.75 Å². The number of piperazine rings is 1. The van der Waals surface area contributed by atoms with Gasteiger partial charge in [-0.05, 0) is 56.9 Å². The molecule has 5 rings (SSSR count). The Morgan fingerprint density at radius 1 is 0.949 bits per heavy atom. The van der Waals surface area contributed by atoms with E-state index in [0.717, 1.165) is 17.3 Å². The molecule has 1 fully saturated rings. The van der Waals surface area contributed by atoms with Crippen molar-refractivity contribution >= 4 is 28.2 Å². The number of phenols is 1. The minimum absolute atomic E-state index is 0.00603. The van der Waals surface area contributed by atoms with E-state index in [9.17, 15) is 19.8 Å². The van der Waals surface area contributed by atoms with Crippen molar-refractivity contribution in [3.05, 3.63) is 93.5 Å². The first kappa shape index (κ1) is 26.2. The summed E-state index contributed by atoms with van der Waals surface area (Å²) in [5.74, 6) is -2.58. The average Bonchev–Trinajstić information content (AvgIpc) is 2.90. The summed E-state index contributed by atoms with van der Waals surface area (Å²) in [6.07, 6.45) is 1.20. The number of rotatable bonds is 6. The van der Waals surface area contributed by atoms with E-state index >= 15 is 4.39 Å². The summed E-state index contributed by atoms with van der Waals surface area (Å²) in [4.78, 5) is 30.9. The molecule has 39 heavy (non-hydrogen) atoms. The van der Waals surface area contributed by atoms with Gasteiger partial charge in [-0.25, -0.2) is 9.18 Å². The van der Waals surface area contributed by atoms with Crippen LogP contribution in [-0.2, 0) is 6.54 Å². The molecule has 1 saturated heterocycles. The molecular formula is C30H31FN4O4. The minimum Gasteiger partial charge on any atom is -0.504 e. The fraction of sp³-hybridized carbons (Fsp3) is 0.267. The first-order chi connectivity index (χ1) is 18.6. The third kappa shape index (κ3) is 5.05. The van der Waals surface area contributed by atoms with Gasteiger partial charge < -0.3 is 29.5 Å². The summed E-state index contributed by atoms with van der Waals surface area (Å²) in [6, 6.07) is 16.6. The summed E-state index contributed by atoms with van der Waals surface area (Å²) in [5, 5.41) is 20.9. The van der Waals surface area contributed by atoms with Gasteiger partial charge in [-0.15, -0.1) is 0 Å². The molecule has 9 heteroatoms. The lowest BCUT2D eigenvalue weighted by atomic mass is 10.1. The van der Waals surface area contributed by atoms with Crippen LogP contribution in [0.2, 0.25) is 0 Å². The number of carboxylic acids is 1. The number of aromatic hydroxyl groups is 1. The summed E-state index contributed by atoms with van der Waals surface area (Å²) < 4.78 is 17.0. The lowest BCUT2D eigenvalue weighted by Gasteiger charge is -2.38. The molecule has 0 amide bonds. The van der Waals surface area contributed by atoms with Gasteiger partial charge in [-0.3, -0.25) is 4.79 Å². The number of carboxylic acid groups (broad SMARTS) is 1. The van der Waals surface area contributed by atoms with Crippen molar-refractivity contribution in [3.63, 3.8) is 0 Å². The first-order valence-electron chi connectivity index (χ1n) is 12.8. The Balaban J connectivity index is 1.58. The molecule has 1 aliphatic rings. The second-order valence-corrected chi connectivity index (χ2v) is 10.2. The minimum atomic E-state index is -1.42. The molecule has 0 unspecified atom stereocenters. The molecule has 2 N–H and O–H groups in total. The molecule has 0 radical (unpaired) electrons. The van der Waals surface area contributed by atoms with Crippen LogP contribution in [0.15, 0.2) is 65.6 Å². The Kier molecular flexibility index (Phi) is 7.01. The molecule has 2 heterocycles. The summed E-state index contributed by atoms with van der Waals surface area (Å²) in [5.41, 5.74) is 2.56. The number of phenolic OH excluding ortho intramolecular Hbond substituents is 1. The number of aromatic carboxylic acids is 1. The number of hydrogen-bond acceptors (Lipinski definition) is 6. The SMILES string of the molecule is Cc1ccc(N2CCN(c3c(F)cc4c(=O)c(C(=O)O)cn(-c5ccc(CN(C)C)cc5)c4c3O)CC2)cc1. The molecule has 1 aromatic heterocycles. The Morgan fingerprint density at radius 3 is 2.13 bits per heavy atom. The zero-order chi connectivity index (χ0) is 27.8. The van der Waals surface area contributed by atoms with Gasteiger partial charge in [-0.1, -0.05) is 29.8 Å². The van der Waals surface area contributed by atoms with Crippen LogP contribution >= 0.6 is 0 Å². The van der Waals surface area contributed by atoms with Gasteiger partial charge in [0.2, 0.25) is 5.43 Å². The number of fused-ring (bicyclic) bond motifs is 1. The van der Waals surface area contributed by atoms with Crippen LogP contribution in [0.4, 0.5) is 15.8 Å². The highest BCUT2D eigenvalue weighted by molar-refractivity contribution is 5.97. The number of carbonyl (C=O) groups is 1. The van der Waals surface area contributed by atoms with E-state index in [1.54, 1.807) is 17.0 Å². The Hall–Kier alpha value is -4.37. The van der Waals surface area contributed by atoms with E-state index in [-0.39, 0.29) is 22.3 Å². The summed E-state index contributed by atoms with van der Waals surface area (Å²) in [7, 11) is 3.91. The lowest BCUT2D eigenvalue weighted by molar-refractivity contribution is 0.0695. The van der Waals surface area contributed by atoms with Crippen LogP contribution < -0.4 is 15.2 Å². The molecule has 202 valence electrons. The Bertz CT molecular complexity index is 1590. The second kappa shape index (κ2) is 10.4. The van der Waals surface area contributed by atoms with Crippen molar-refractivity contribution in [2.45, 2.75) is 13.5 Å². The van der Waals surface area contributed by atoms with Crippen molar-refractivity contribution in [3.8, 4) is 11.4 Å². The molecule has 0 atom stereocenters. The second-order valence-electron chi connectivity index (χ2n) is 10.2. The highest BCUT2D eigenvalue weighted by Gasteiger charge is 2.27. The fourth-order valence-corrected chi connectivity index (χ4v) is 5.16. The van der Waals surface area contributed by atoms with Gasteiger partial charge in [0.15, 0.2) is 11.6 Å². The molecule has 1 aliphatic heterocycles. The maximum atomic E-state index is 15.5. The zero-order valence-corrected chi connectivity index (χ0v) is 22.2. The van der Waals surface area contributed by atoms with E-state index in [0.29, 0.717) is 38.4 Å². The maximum Gasteiger partial charge on any atom is 0.341 e. The Morgan fingerprint density at radius 2 is 1.54 bits per heavy atom.